The number of aromatic nitrogens is 2. The van der Waals surface area contributed by atoms with E-state index in [4.69, 9.17) is 9.47 Å². The van der Waals surface area contributed by atoms with E-state index < -0.39 is 0 Å². The van der Waals surface area contributed by atoms with E-state index in [-0.39, 0.29) is 11.5 Å². The number of hydrogen-bond acceptors (Lipinski definition) is 5. The first-order chi connectivity index (χ1) is 13.0. The first-order valence-corrected chi connectivity index (χ1v) is 8.87. The van der Waals surface area contributed by atoms with Crippen molar-refractivity contribution in [2.45, 2.75) is 20.3 Å². The van der Waals surface area contributed by atoms with E-state index in [0.717, 1.165) is 28.1 Å². The Morgan fingerprint density at radius 1 is 1.04 bits per heavy atom. The molecule has 0 aliphatic carbocycles. The molecule has 6 nitrogen and oxygen atoms in total. The predicted octanol–water partition coefficient (Wildman–Crippen LogP) is 4.05. The van der Waals surface area contributed by atoms with Gasteiger partial charge in [-0.05, 0) is 42.7 Å². The van der Waals surface area contributed by atoms with Gasteiger partial charge in [-0.15, -0.1) is 0 Å². The Morgan fingerprint density at radius 3 is 2.44 bits per heavy atom. The van der Waals surface area contributed by atoms with Crippen molar-refractivity contribution in [1.29, 1.82) is 0 Å². The van der Waals surface area contributed by atoms with Crippen LogP contribution in [0.25, 0.3) is 22.4 Å². The van der Waals surface area contributed by atoms with Crippen LogP contribution < -0.4 is 4.74 Å². The number of H-pyrrole nitrogens is 1. The van der Waals surface area contributed by atoms with E-state index in [1.807, 2.05) is 38.1 Å². The Bertz CT molecular complexity index is 917. The molecular formula is C21H24N2O4. The van der Waals surface area contributed by atoms with Crippen LogP contribution in [0.2, 0.25) is 0 Å². The standard InChI is InChI=1S/C21H24N2O4/c1-4-14-11-17(19(25)12-18(14)24)21-20(13(2)22-23-21)15-5-7-16(8-6-15)27-10-9-26-3/h5-8,11-12,24-25H,4,9-10H2,1-3H3,(H,22,23). The molecule has 1 heterocycles. The lowest BCUT2D eigenvalue weighted by atomic mass is 9.96. The summed E-state index contributed by atoms with van der Waals surface area (Å²) in [6, 6.07) is 10.9. The van der Waals surface area contributed by atoms with Crippen molar-refractivity contribution < 1.29 is 19.7 Å². The Morgan fingerprint density at radius 2 is 1.78 bits per heavy atom. The van der Waals surface area contributed by atoms with E-state index in [1.165, 1.54) is 6.07 Å². The molecule has 0 spiro atoms. The third-order valence-electron chi connectivity index (χ3n) is 4.48. The summed E-state index contributed by atoms with van der Waals surface area (Å²) < 4.78 is 10.6. The van der Waals surface area contributed by atoms with E-state index >= 15 is 0 Å². The molecule has 0 fully saturated rings. The molecule has 0 amide bonds. The molecule has 0 aliphatic heterocycles. The first-order valence-electron chi connectivity index (χ1n) is 8.87. The predicted molar refractivity (Wildman–Crippen MR) is 104 cm³/mol. The molecule has 142 valence electrons. The van der Waals surface area contributed by atoms with Gasteiger partial charge in [-0.1, -0.05) is 19.1 Å². The SMILES string of the molecule is CCc1cc(-c2n[nH]c(C)c2-c2ccc(OCCOC)cc2)c(O)cc1O. The van der Waals surface area contributed by atoms with Crippen molar-refractivity contribution >= 4 is 0 Å². The van der Waals surface area contributed by atoms with Crippen molar-refractivity contribution in [1.82, 2.24) is 10.2 Å². The zero-order valence-corrected chi connectivity index (χ0v) is 15.7. The number of aromatic hydroxyl groups is 2. The molecule has 0 atom stereocenters. The molecule has 0 radical (unpaired) electrons. The average molecular weight is 368 g/mol. The fourth-order valence-electron chi connectivity index (χ4n) is 3.03. The molecule has 3 aromatic rings. The van der Waals surface area contributed by atoms with Gasteiger partial charge in [-0.25, -0.2) is 0 Å². The minimum absolute atomic E-state index is 0.00281. The summed E-state index contributed by atoms with van der Waals surface area (Å²) in [4.78, 5) is 0. The summed E-state index contributed by atoms with van der Waals surface area (Å²) in [5, 5.41) is 27.7. The van der Waals surface area contributed by atoms with Gasteiger partial charge >= 0.3 is 0 Å². The van der Waals surface area contributed by atoms with E-state index in [1.54, 1.807) is 13.2 Å². The normalized spacial score (nSPS) is 10.9. The summed E-state index contributed by atoms with van der Waals surface area (Å²) >= 11 is 0. The average Bonchev–Trinajstić information content (AvgIpc) is 3.04. The summed E-state index contributed by atoms with van der Waals surface area (Å²) in [5.41, 5.74) is 4.75. The highest BCUT2D eigenvalue weighted by atomic mass is 16.5. The Kier molecular flexibility index (Phi) is 5.66. The molecule has 0 unspecified atom stereocenters. The second kappa shape index (κ2) is 8.14. The van der Waals surface area contributed by atoms with Gasteiger partial charge in [0.2, 0.25) is 0 Å². The number of hydrogen-bond donors (Lipinski definition) is 3. The lowest BCUT2D eigenvalue weighted by Gasteiger charge is -2.11. The Labute approximate surface area is 158 Å². The molecule has 3 N–H and O–H groups in total. The molecule has 6 heteroatoms. The topological polar surface area (TPSA) is 87.6 Å². The monoisotopic (exact) mass is 368 g/mol. The van der Waals surface area contributed by atoms with Crippen LogP contribution in [0.1, 0.15) is 18.2 Å². The number of aromatic amines is 1. The van der Waals surface area contributed by atoms with Crippen molar-refractivity contribution in [2.75, 3.05) is 20.3 Å². The minimum Gasteiger partial charge on any atom is -0.508 e. The number of methoxy groups -OCH3 is 1. The highest BCUT2D eigenvalue weighted by Gasteiger charge is 2.19. The van der Waals surface area contributed by atoms with E-state index in [9.17, 15) is 10.2 Å². The molecule has 0 bridgehead atoms. The number of nitrogens with zero attached hydrogens (tertiary/aromatic N) is 1. The second-order valence-corrected chi connectivity index (χ2v) is 6.29. The van der Waals surface area contributed by atoms with Gasteiger partial charge in [-0.3, -0.25) is 5.10 Å². The summed E-state index contributed by atoms with van der Waals surface area (Å²) in [7, 11) is 1.64. The third-order valence-corrected chi connectivity index (χ3v) is 4.48. The first kappa shape index (κ1) is 18.8. The Hall–Kier alpha value is -2.99. The van der Waals surface area contributed by atoms with Crippen LogP contribution in [0, 0.1) is 6.92 Å². The number of rotatable bonds is 7. The van der Waals surface area contributed by atoms with Crippen molar-refractivity contribution in [3.05, 3.63) is 47.7 Å². The van der Waals surface area contributed by atoms with Gasteiger partial charge in [0.1, 0.15) is 29.5 Å². The summed E-state index contributed by atoms with van der Waals surface area (Å²) in [6.45, 7) is 4.92. The van der Waals surface area contributed by atoms with Crippen LogP contribution in [0.3, 0.4) is 0 Å². The second-order valence-electron chi connectivity index (χ2n) is 6.29. The molecular weight excluding hydrogens is 344 g/mol. The molecule has 0 aliphatic rings. The quantitative estimate of drug-likeness (QED) is 0.548. The largest absolute Gasteiger partial charge is 0.508 e. The van der Waals surface area contributed by atoms with Crippen molar-refractivity contribution in [2.24, 2.45) is 0 Å². The van der Waals surface area contributed by atoms with E-state index in [2.05, 4.69) is 10.2 Å². The fourth-order valence-corrected chi connectivity index (χ4v) is 3.03. The maximum atomic E-state index is 10.4. The van der Waals surface area contributed by atoms with Gasteiger partial charge in [-0.2, -0.15) is 5.10 Å². The number of phenols is 2. The van der Waals surface area contributed by atoms with Gasteiger partial charge < -0.3 is 19.7 Å². The number of benzene rings is 2. The molecule has 3 rings (SSSR count). The lowest BCUT2D eigenvalue weighted by Crippen LogP contribution is -2.03. The lowest BCUT2D eigenvalue weighted by molar-refractivity contribution is 0.146. The van der Waals surface area contributed by atoms with Gasteiger partial charge in [0, 0.05) is 30.0 Å². The third kappa shape index (κ3) is 3.90. The van der Waals surface area contributed by atoms with Crippen LogP contribution >= 0.6 is 0 Å². The van der Waals surface area contributed by atoms with Crippen molar-refractivity contribution in [3.63, 3.8) is 0 Å². The van der Waals surface area contributed by atoms with Crippen LogP contribution in [0.5, 0.6) is 17.2 Å². The minimum atomic E-state index is -0.00281. The highest BCUT2D eigenvalue weighted by molar-refractivity contribution is 5.85. The fraction of sp³-hybridized carbons (Fsp3) is 0.286. The molecule has 0 saturated heterocycles. The number of phenolic OH excluding ortho intramolecular Hbond substituents is 2. The maximum Gasteiger partial charge on any atom is 0.128 e. The van der Waals surface area contributed by atoms with Gasteiger partial charge in [0.05, 0.1) is 6.61 Å². The zero-order chi connectivity index (χ0) is 19.4. The molecule has 1 aromatic heterocycles. The van der Waals surface area contributed by atoms with Crippen molar-refractivity contribution in [3.8, 4) is 39.6 Å². The number of aryl methyl sites for hydroxylation is 2. The van der Waals surface area contributed by atoms with E-state index in [0.29, 0.717) is 30.9 Å². The zero-order valence-electron chi connectivity index (χ0n) is 15.7. The van der Waals surface area contributed by atoms with Crippen LogP contribution in [-0.4, -0.2) is 40.7 Å². The highest BCUT2D eigenvalue weighted by Crippen LogP contribution is 2.40. The van der Waals surface area contributed by atoms with Gasteiger partial charge in [0.25, 0.3) is 0 Å². The van der Waals surface area contributed by atoms with Crippen LogP contribution in [0.4, 0.5) is 0 Å². The molecule has 0 saturated carbocycles. The van der Waals surface area contributed by atoms with Crippen LogP contribution in [0.15, 0.2) is 36.4 Å². The smallest absolute Gasteiger partial charge is 0.128 e. The summed E-state index contributed by atoms with van der Waals surface area (Å²) in [5.74, 6) is 0.848. The summed E-state index contributed by atoms with van der Waals surface area (Å²) in [6.07, 6.45) is 0.658. The maximum absolute atomic E-state index is 10.4. The molecule has 2 aromatic carbocycles. The molecule has 27 heavy (non-hydrogen) atoms. The van der Waals surface area contributed by atoms with Crippen LogP contribution in [-0.2, 0) is 11.2 Å². The Balaban J connectivity index is 1.98. The number of nitrogens with one attached hydrogen (secondary N) is 1. The number of ether oxygens (including phenoxy) is 2. The van der Waals surface area contributed by atoms with Gasteiger partial charge in [0.15, 0.2) is 0 Å².